The summed E-state index contributed by atoms with van der Waals surface area (Å²) >= 11 is 0. The van der Waals surface area contributed by atoms with E-state index in [1.807, 2.05) is 14.0 Å². The molecular weight excluding hydrogens is 273 g/mol. The Labute approximate surface area is 115 Å². The number of anilines is 1. The van der Waals surface area contributed by atoms with Gasteiger partial charge in [-0.25, -0.2) is 0 Å². The molecular formula is C12H17F3N4O. The number of halogens is 3. The Hall–Kier alpha value is -1.41. The third-order valence-corrected chi connectivity index (χ3v) is 3.18. The Morgan fingerprint density at radius 3 is 2.70 bits per heavy atom. The second-order valence-corrected chi connectivity index (χ2v) is 4.91. The van der Waals surface area contributed by atoms with Gasteiger partial charge < -0.3 is 15.0 Å². The molecule has 1 aromatic rings. The van der Waals surface area contributed by atoms with Gasteiger partial charge >= 0.3 is 6.18 Å². The van der Waals surface area contributed by atoms with Crippen LogP contribution in [-0.4, -0.2) is 54.0 Å². The monoisotopic (exact) mass is 290 g/mol. The summed E-state index contributed by atoms with van der Waals surface area (Å²) in [5.41, 5.74) is -0.996. The van der Waals surface area contributed by atoms with Crippen LogP contribution in [0, 0.1) is 0 Å². The van der Waals surface area contributed by atoms with E-state index in [4.69, 9.17) is 4.74 Å². The van der Waals surface area contributed by atoms with Gasteiger partial charge in [0.1, 0.15) is 5.82 Å². The number of nitrogens with one attached hydrogen (secondary N) is 1. The highest BCUT2D eigenvalue weighted by Gasteiger charge is 2.33. The maximum atomic E-state index is 12.4. The van der Waals surface area contributed by atoms with Gasteiger partial charge in [-0.2, -0.15) is 13.2 Å². The molecule has 1 aromatic heterocycles. The molecule has 2 heterocycles. The van der Waals surface area contributed by atoms with Crippen LogP contribution in [0.15, 0.2) is 12.1 Å². The van der Waals surface area contributed by atoms with Crippen LogP contribution >= 0.6 is 0 Å². The molecule has 0 aliphatic carbocycles. The summed E-state index contributed by atoms with van der Waals surface area (Å²) < 4.78 is 42.7. The zero-order chi connectivity index (χ0) is 14.8. The lowest BCUT2D eigenvalue weighted by Gasteiger charge is -2.34. The third kappa shape index (κ3) is 3.80. The Morgan fingerprint density at radius 2 is 2.15 bits per heavy atom. The topological polar surface area (TPSA) is 50.3 Å². The van der Waals surface area contributed by atoms with Gasteiger partial charge in [0, 0.05) is 13.1 Å². The van der Waals surface area contributed by atoms with E-state index in [0.29, 0.717) is 12.4 Å². The van der Waals surface area contributed by atoms with Crippen molar-refractivity contribution in [2.24, 2.45) is 0 Å². The van der Waals surface area contributed by atoms with E-state index >= 15 is 0 Å². The van der Waals surface area contributed by atoms with Gasteiger partial charge in [0.2, 0.25) is 0 Å². The second-order valence-electron chi connectivity index (χ2n) is 4.91. The van der Waals surface area contributed by atoms with Crippen LogP contribution in [0.2, 0.25) is 0 Å². The van der Waals surface area contributed by atoms with Crippen molar-refractivity contribution in [3.63, 3.8) is 0 Å². The zero-order valence-electron chi connectivity index (χ0n) is 11.3. The molecule has 5 nitrogen and oxygen atoms in total. The first-order valence-corrected chi connectivity index (χ1v) is 6.34. The average Bonchev–Trinajstić information content (AvgIpc) is 2.38. The van der Waals surface area contributed by atoms with Gasteiger partial charge in [-0.1, -0.05) is 0 Å². The molecule has 0 bridgehead atoms. The minimum Gasteiger partial charge on any atom is -0.373 e. The molecule has 20 heavy (non-hydrogen) atoms. The molecule has 2 unspecified atom stereocenters. The summed E-state index contributed by atoms with van der Waals surface area (Å²) in [5, 5.41) is 9.74. The number of nitrogens with zero attached hydrogens (tertiary/aromatic N) is 3. The number of hydrogen-bond acceptors (Lipinski definition) is 5. The van der Waals surface area contributed by atoms with Gasteiger partial charge in [-0.05, 0) is 26.1 Å². The fraction of sp³-hybridized carbons (Fsp3) is 0.667. The minimum atomic E-state index is -4.47. The largest absolute Gasteiger partial charge is 0.435 e. The SMILES string of the molecule is CC(Nc1ccc(C(F)(F)F)nn1)C1CN(C)CCO1. The van der Waals surface area contributed by atoms with E-state index in [9.17, 15) is 13.2 Å². The predicted octanol–water partition coefficient (Wildman–Crippen LogP) is 1.63. The summed E-state index contributed by atoms with van der Waals surface area (Å²) in [4.78, 5) is 2.14. The van der Waals surface area contributed by atoms with Crippen molar-refractivity contribution in [1.29, 1.82) is 0 Å². The lowest BCUT2D eigenvalue weighted by molar-refractivity contribution is -0.141. The molecule has 112 valence electrons. The summed E-state index contributed by atoms with van der Waals surface area (Å²) in [7, 11) is 2.00. The van der Waals surface area contributed by atoms with E-state index in [1.54, 1.807) is 0 Å². The first kappa shape index (κ1) is 15.0. The number of morpholine rings is 1. The maximum Gasteiger partial charge on any atom is 0.435 e. The molecule has 2 rings (SSSR count). The van der Waals surface area contributed by atoms with Crippen molar-refractivity contribution in [3.05, 3.63) is 17.8 Å². The first-order chi connectivity index (χ1) is 9.36. The van der Waals surface area contributed by atoms with Crippen LogP contribution in [0.5, 0.6) is 0 Å². The maximum absolute atomic E-state index is 12.4. The number of ether oxygens (including phenoxy) is 1. The van der Waals surface area contributed by atoms with Crippen LogP contribution in [0.4, 0.5) is 19.0 Å². The molecule has 8 heteroatoms. The number of aromatic nitrogens is 2. The van der Waals surface area contributed by atoms with E-state index in [-0.39, 0.29) is 12.1 Å². The predicted molar refractivity (Wildman–Crippen MR) is 67.4 cm³/mol. The van der Waals surface area contributed by atoms with Crippen molar-refractivity contribution in [3.8, 4) is 0 Å². The fourth-order valence-corrected chi connectivity index (χ4v) is 2.00. The zero-order valence-corrected chi connectivity index (χ0v) is 11.3. The molecule has 1 fully saturated rings. The highest BCUT2D eigenvalue weighted by Crippen LogP contribution is 2.27. The molecule has 1 saturated heterocycles. The molecule has 0 amide bonds. The smallest absolute Gasteiger partial charge is 0.373 e. The second kappa shape index (κ2) is 5.92. The number of alkyl halides is 3. The van der Waals surface area contributed by atoms with E-state index in [0.717, 1.165) is 19.2 Å². The molecule has 0 aromatic carbocycles. The first-order valence-electron chi connectivity index (χ1n) is 6.34. The van der Waals surface area contributed by atoms with Gasteiger partial charge in [0.15, 0.2) is 5.69 Å². The average molecular weight is 290 g/mol. The highest BCUT2D eigenvalue weighted by molar-refractivity contribution is 5.34. The fourth-order valence-electron chi connectivity index (χ4n) is 2.00. The quantitative estimate of drug-likeness (QED) is 0.917. The number of rotatable bonds is 3. The summed E-state index contributed by atoms with van der Waals surface area (Å²) in [6.45, 7) is 4.20. The van der Waals surface area contributed by atoms with Crippen molar-refractivity contribution < 1.29 is 17.9 Å². The molecule has 1 N–H and O–H groups in total. The Balaban J connectivity index is 1.95. The number of hydrogen-bond donors (Lipinski definition) is 1. The Bertz CT molecular complexity index is 437. The van der Waals surface area contributed by atoms with Crippen LogP contribution in [0.3, 0.4) is 0 Å². The third-order valence-electron chi connectivity index (χ3n) is 3.18. The van der Waals surface area contributed by atoms with E-state index < -0.39 is 11.9 Å². The van der Waals surface area contributed by atoms with Crippen LogP contribution < -0.4 is 5.32 Å². The molecule has 2 atom stereocenters. The molecule has 1 aliphatic heterocycles. The van der Waals surface area contributed by atoms with Crippen LogP contribution in [-0.2, 0) is 10.9 Å². The van der Waals surface area contributed by atoms with Crippen molar-refractivity contribution in [2.45, 2.75) is 25.2 Å². The lowest BCUT2D eigenvalue weighted by Crippen LogP contribution is -2.47. The summed E-state index contributed by atoms with van der Waals surface area (Å²) in [5.74, 6) is 0.308. The summed E-state index contributed by atoms with van der Waals surface area (Å²) in [6, 6.07) is 2.12. The molecule has 0 spiro atoms. The van der Waals surface area contributed by atoms with Crippen LogP contribution in [0.25, 0.3) is 0 Å². The minimum absolute atomic E-state index is 0.0298. The number of likely N-dealkylation sites (N-methyl/N-ethyl adjacent to an activating group) is 1. The normalized spacial score (nSPS) is 22.6. The molecule has 1 aliphatic rings. The molecule has 0 saturated carbocycles. The van der Waals surface area contributed by atoms with E-state index in [1.165, 1.54) is 6.07 Å². The van der Waals surface area contributed by atoms with Crippen molar-refractivity contribution in [1.82, 2.24) is 15.1 Å². The lowest BCUT2D eigenvalue weighted by atomic mass is 10.1. The molecule has 0 radical (unpaired) electrons. The standard InChI is InChI=1S/C12H17F3N4O/c1-8(9-7-19(2)5-6-20-9)16-11-4-3-10(17-18-11)12(13,14)15/h3-4,8-9H,5-7H2,1-2H3,(H,16,18). The van der Waals surface area contributed by atoms with E-state index in [2.05, 4.69) is 20.4 Å². The Kier molecular flexibility index (Phi) is 4.44. The van der Waals surface area contributed by atoms with Crippen LogP contribution in [0.1, 0.15) is 12.6 Å². The summed E-state index contributed by atoms with van der Waals surface area (Å²) in [6.07, 6.45) is -4.50. The van der Waals surface area contributed by atoms with Crippen molar-refractivity contribution >= 4 is 5.82 Å². The Morgan fingerprint density at radius 1 is 1.40 bits per heavy atom. The van der Waals surface area contributed by atoms with Gasteiger partial charge in [0.25, 0.3) is 0 Å². The van der Waals surface area contributed by atoms with Gasteiger partial charge in [0.05, 0.1) is 18.8 Å². The highest BCUT2D eigenvalue weighted by atomic mass is 19.4. The van der Waals surface area contributed by atoms with Gasteiger partial charge in [-0.3, -0.25) is 0 Å². The van der Waals surface area contributed by atoms with Crippen molar-refractivity contribution in [2.75, 3.05) is 32.1 Å². The van der Waals surface area contributed by atoms with Gasteiger partial charge in [-0.15, -0.1) is 10.2 Å².